The molecule has 3 fully saturated rings. The van der Waals surface area contributed by atoms with Gasteiger partial charge in [-0.1, -0.05) is 74.4 Å². The molecule has 0 aromatic heterocycles. The van der Waals surface area contributed by atoms with Crippen LogP contribution in [-0.4, -0.2) is 20.3 Å². The third-order valence-electron chi connectivity index (χ3n) is 10.2. The van der Waals surface area contributed by atoms with Crippen molar-refractivity contribution in [2.75, 3.05) is 0 Å². The van der Waals surface area contributed by atoms with E-state index in [1.807, 2.05) is 0 Å². The Bertz CT molecular complexity index is 507. The minimum absolute atomic E-state index is 0. The first-order valence-corrected chi connectivity index (χ1v) is 15.8. The second-order valence-corrected chi connectivity index (χ2v) is 17.5. The van der Waals surface area contributed by atoms with Gasteiger partial charge < -0.3 is 19.6 Å². The maximum absolute atomic E-state index is 6.90. The van der Waals surface area contributed by atoms with Crippen LogP contribution in [0.3, 0.4) is 0 Å². The molecule has 0 aliphatic heterocycles. The van der Waals surface area contributed by atoms with Crippen LogP contribution < -0.4 is 0 Å². The average Bonchev–Trinajstić information content (AvgIpc) is 3.15. The summed E-state index contributed by atoms with van der Waals surface area (Å²) >= 11 is 0. The standard InChI is InChI=1S/C26H50OSi.2CH3.Zr/c1-16(2)24-13-10-17(3)14-25(24)27-22-11-12-23(15-22)28(8,9)26-20(6)18(4)19(5)21(26)7;;;/h16-26H,10-15H2,1-9H3;2*1H3;/q;2*-1;+4/t17-,18?,19?,20?,21?,22?,23?,24+,25+,26?;;;/m1.../s1. The summed E-state index contributed by atoms with van der Waals surface area (Å²) in [6.07, 6.45) is 9.31. The van der Waals surface area contributed by atoms with E-state index in [-0.39, 0.29) is 41.1 Å². The zero-order chi connectivity index (χ0) is 20.8. The van der Waals surface area contributed by atoms with Gasteiger partial charge in [0.15, 0.2) is 0 Å². The summed E-state index contributed by atoms with van der Waals surface area (Å²) in [6, 6.07) is 0. The zero-order valence-corrected chi connectivity index (χ0v) is 26.5. The number of ether oxygens (including phenoxy) is 1. The van der Waals surface area contributed by atoms with E-state index < -0.39 is 8.07 Å². The number of hydrogen-bond donors (Lipinski definition) is 0. The van der Waals surface area contributed by atoms with E-state index in [9.17, 15) is 0 Å². The largest absolute Gasteiger partial charge is 4.00 e. The van der Waals surface area contributed by atoms with E-state index in [1.54, 1.807) is 0 Å². The molecule has 0 aromatic carbocycles. The van der Waals surface area contributed by atoms with Crippen molar-refractivity contribution in [1.29, 1.82) is 0 Å². The SMILES string of the molecule is CC1C(C)C(C)C([Si](C)(C)C2CCC(O[C@H]3C[C@H](C)CC[C@H]3C(C)C)C2)C1C.[CH3-].[CH3-].[Zr+4]. The summed E-state index contributed by atoms with van der Waals surface area (Å²) in [5.41, 5.74) is 1.97. The Labute approximate surface area is 217 Å². The van der Waals surface area contributed by atoms with Gasteiger partial charge in [0.05, 0.1) is 20.3 Å². The molecular weight excluding hydrogens is 472 g/mol. The molecule has 9 atom stereocenters. The molecule has 31 heavy (non-hydrogen) atoms. The van der Waals surface area contributed by atoms with Crippen LogP contribution in [0, 0.1) is 56.3 Å². The fourth-order valence-corrected chi connectivity index (χ4v) is 13.6. The Balaban J connectivity index is 0.00000300. The van der Waals surface area contributed by atoms with Crippen molar-refractivity contribution >= 4 is 8.07 Å². The first-order chi connectivity index (χ1) is 13.0. The van der Waals surface area contributed by atoms with Crippen molar-refractivity contribution in [3.05, 3.63) is 14.9 Å². The Morgan fingerprint density at radius 3 is 1.81 bits per heavy atom. The summed E-state index contributed by atoms with van der Waals surface area (Å²) in [5.74, 6) is 6.03. The average molecular weight is 528 g/mol. The maximum atomic E-state index is 6.90. The van der Waals surface area contributed by atoms with Gasteiger partial charge in [-0.3, -0.25) is 0 Å². The van der Waals surface area contributed by atoms with Crippen molar-refractivity contribution in [2.24, 2.45) is 41.4 Å². The first-order valence-electron chi connectivity index (χ1n) is 12.7. The van der Waals surface area contributed by atoms with Crippen LogP contribution in [0.15, 0.2) is 0 Å². The van der Waals surface area contributed by atoms with Crippen LogP contribution in [0.5, 0.6) is 0 Å². The molecule has 3 rings (SSSR count). The van der Waals surface area contributed by atoms with Crippen LogP contribution in [0.1, 0.15) is 87.0 Å². The molecule has 0 aromatic rings. The predicted molar refractivity (Wildman–Crippen MR) is 138 cm³/mol. The van der Waals surface area contributed by atoms with Crippen molar-refractivity contribution in [3.63, 3.8) is 0 Å². The molecule has 3 aliphatic carbocycles. The Morgan fingerprint density at radius 2 is 1.29 bits per heavy atom. The second-order valence-electron chi connectivity index (χ2n) is 12.4. The van der Waals surface area contributed by atoms with E-state index in [0.29, 0.717) is 12.2 Å². The van der Waals surface area contributed by atoms with Gasteiger partial charge >= 0.3 is 26.2 Å². The topological polar surface area (TPSA) is 9.23 Å². The Kier molecular flexibility index (Phi) is 13.1. The van der Waals surface area contributed by atoms with Gasteiger partial charge in [0.1, 0.15) is 0 Å². The van der Waals surface area contributed by atoms with Crippen molar-refractivity contribution < 1.29 is 30.9 Å². The minimum Gasteiger partial charge on any atom is -0.375 e. The molecule has 0 heterocycles. The van der Waals surface area contributed by atoms with Crippen LogP contribution in [0.25, 0.3) is 0 Å². The second kappa shape index (κ2) is 12.7. The van der Waals surface area contributed by atoms with Crippen molar-refractivity contribution in [1.82, 2.24) is 0 Å². The molecule has 1 nitrogen and oxygen atoms in total. The van der Waals surface area contributed by atoms with Crippen LogP contribution in [-0.2, 0) is 30.9 Å². The van der Waals surface area contributed by atoms with E-state index in [1.165, 1.54) is 38.5 Å². The number of hydrogen-bond acceptors (Lipinski definition) is 1. The molecule has 3 aliphatic rings. The normalized spacial score (nSPS) is 43.2. The molecule has 0 bridgehead atoms. The smallest absolute Gasteiger partial charge is 0.375 e. The number of rotatable bonds is 5. The fraction of sp³-hybridized carbons (Fsp3) is 0.929. The van der Waals surface area contributed by atoms with Gasteiger partial charge in [0, 0.05) is 0 Å². The van der Waals surface area contributed by atoms with Gasteiger partial charge in [-0.05, 0) is 78.2 Å². The van der Waals surface area contributed by atoms with Gasteiger partial charge in [-0.25, -0.2) is 0 Å². The van der Waals surface area contributed by atoms with E-state index >= 15 is 0 Å². The molecule has 6 unspecified atom stereocenters. The van der Waals surface area contributed by atoms with Gasteiger partial charge in [-0.2, -0.15) is 0 Å². The molecule has 3 saturated carbocycles. The summed E-state index contributed by atoms with van der Waals surface area (Å²) in [4.78, 5) is 0. The van der Waals surface area contributed by atoms with Crippen molar-refractivity contribution in [2.45, 2.75) is 123 Å². The van der Waals surface area contributed by atoms with Crippen molar-refractivity contribution in [3.8, 4) is 0 Å². The quantitative estimate of drug-likeness (QED) is 0.256. The molecule has 0 amide bonds. The van der Waals surface area contributed by atoms with Gasteiger partial charge in [-0.15, -0.1) is 0 Å². The fourth-order valence-electron chi connectivity index (χ4n) is 7.98. The summed E-state index contributed by atoms with van der Waals surface area (Å²) < 4.78 is 6.90. The molecule has 0 N–H and O–H groups in total. The third kappa shape index (κ3) is 6.60. The molecule has 180 valence electrons. The summed E-state index contributed by atoms with van der Waals surface area (Å²) in [6.45, 7) is 22.9. The Hall–Kier alpha value is 1.06. The minimum atomic E-state index is -1.29. The molecule has 0 saturated heterocycles. The van der Waals surface area contributed by atoms with Gasteiger partial charge in [0.2, 0.25) is 0 Å². The predicted octanol–water partition coefficient (Wildman–Crippen LogP) is 8.92. The van der Waals surface area contributed by atoms with E-state index in [2.05, 4.69) is 61.6 Å². The van der Waals surface area contributed by atoms with Crippen LogP contribution in [0.2, 0.25) is 24.2 Å². The van der Waals surface area contributed by atoms with Crippen LogP contribution >= 0.6 is 0 Å². The maximum Gasteiger partial charge on any atom is 4.00 e. The molecule has 3 heteroatoms. The molecular formula is C28H56OSiZr+2. The van der Waals surface area contributed by atoms with E-state index in [4.69, 9.17) is 4.74 Å². The summed E-state index contributed by atoms with van der Waals surface area (Å²) in [7, 11) is -1.29. The van der Waals surface area contributed by atoms with E-state index in [0.717, 1.165) is 52.5 Å². The summed E-state index contributed by atoms with van der Waals surface area (Å²) in [5, 5.41) is 0. The first kappa shape index (κ1) is 32.1. The zero-order valence-electron chi connectivity index (χ0n) is 23.0. The molecule has 0 radical (unpaired) electrons. The van der Waals surface area contributed by atoms with Crippen LogP contribution in [0.4, 0.5) is 0 Å². The van der Waals surface area contributed by atoms with Gasteiger partial charge in [0.25, 0.3) is 0 Å². The monoisotopic (exact) mass is 526 g/mol. The third-order valence-corrected chi connectivity index (χ3v) is 15.6. The Morgan fingerprint density at radius 1 is 0.742 bits per heavy atom. The molecule has 0 spiro atoms.